The minimum atomic E-state index is -4.50. The highest BCUT2D eigenvalue weighted by atomic mass is 19.4. The molecule has 0 spiro atoms. The number of hydrogen-bond acceptors (Lipinski definition) is 6. The van der Waals surface area contributed by atoms with Crippen molar-refractivity contribution >= 4 is 29.2 Å². The first-order valence-corrected chi connectivity index (χ1v) is 9.43. The van der Waals surface area contributed by atoms with E-state index in [0.717, 1.165) is 12.3 Å². The van der Waals surface area contributed by atoms with E-state index in [1.165, 1.54) is 17.0 Å². The maximum absolute atomic E-state index is 12.6. The molecular weight excluding hydrogens is 417 g/mol. The van der Waals surface area contributed by atoms with Gasteiger partial charge in [0.1, 0.15) is 11.4 Å². The average Bonchev–Trinajstić information content (AvgIpc) is 3.12. The Kier molecular flexibility index (Phi) is 5.25. The first-order chi connectivity index (χ1) is 14.7. The topological polar surface area (TPSA) is 91.8 Å². The van der Waals surface area contributed by atoms with E-state index >= 15 is 0 Å². The van der Waals surface area contributed by atoms with Crippen LogP contribution >= 0.6 is 0 Å². The van der Waals surface area contributed by atoms with Crippen LogP contribution in [0.3, 0.4) is 0 Å². The minimum Gasteiger partial charge on any atom is -0.426 e. The number of esters is 1. The Morgan fingerprint density at radius 1 is 1.06 bits per heavy atom. The summed E-state index contributed by atoms with van der Waals surface area (Å²) in [6, 6.07) is 6.97. The van der Waals surface area contributed by atoms with Crippen LogP contribution in [0.1, 0.15) is 11.3 Å². The Labute approximate surface area is 174 Å². The van der Waals surface area contributed by atoms with Crippen LogP contribution in [-0.4, -0.2) is 53.8 Å². The molecule has 11 heteroatoms. The lowest BCUT2D eigenvalue weighted by Gasteiger charge is -2.35. The Morgan fingerprint density at radius 3 is 2.45 bits per heavy atom. The number of alkyl halides is 3. The normalized spacial score (nSPS) is 16.0. The van der Waals surface area contributed by atoms with E-state index in [-0.39, 0.29) is 25.5 Å². The number of pyridine rings is 1. The Bertz CT molecular complexity index is 1030. The van der Waals surface area contributed by atoms with Crippen LogP contribution in [0.2, 0.25) is 0 Å². The number of amides is 2. The summed E-state index contributed by atoms with van der Waals surface area (Å²) in [5.41, 5.74) is 0.588. The van der Waals surface area contributed by atoms with Crippen molar-refractivity contribution in [2.75, 3.05) is 36.4 Å². The summed E-state index contributed by atoms with van der Waals surface area (Å²) >= 11 is 0. The van der Waals surface area contributed by atoms with Crippen molar-refractivity contribution in [2.24, 2.45) is 0 Å². The van der Waals surface area contributed by atoms with Gasteiger partial charge in [0.25, 0.3) is 0 Å². The number of ether oxygens (including phenoxy) is 1. The summed E-state index contributed by atoms with van der Waals surface area (Å²) in [6.07, 6.45) is -3.19. The van der Waals surface area contributed by atoms with Crippen molar-refractivity contribution in [3.05, 3.63) is 47.8 Å². The van der Waals surface area contributed by atoms with Gasteiger partial charge in [-0.05, 0) is 18.2 Å². The second kappa shape index (κ2) is 7.89. The molecule has 162 valence electrons. The number of aromatic nitrogens is 1. The zero-order valence-corrected chi connectivity index (χ0v) is 16.1. The molecule has 0 radical (unpaired) electrons. The molecule has 1 N–H and O–H groups in total. The molecule has 0 saturated carbocycles. The number of rotatable bonds is 2. The van der Waals surface area contributed by atoms with Gasteiger partial charge in [0.05, 0.1) is 18.3 Å². The lowest BCUT2D eigenvalue weighted by atomic mass is 10.1. The third-order valence-electron chi connectivity index (χ3n) is 5.05. The standard InChI is InChI=1S/C20H17F3N4O4/c21-20(22,23)16-4-3-14(11-24-16)26-5-7-27(8-6-26)19(30)18(29)25-13-2-1-12-9-17(28)31-15(12)10-13/h1-4,10-11H,5-9H2,(H,25,29). The van der Waals surface area contributed by atoms with E-state index in [2.05, 4.69) is 10.3 Å². The summed E-state index contributed by atoms with van der Waals surface area (Å²) < 4.78 is 42.9. The van der Waals surface area contributed by atoms with E-state index < -0.39 is 23.7 Å². The fraction of sp³-hybridized carbons (Fsp3) is 0.300. The summed E-state index contributed by atoms with van der Waals surface area (Å²) in [5.74, 6) is -1.57. The number of carbonyl (C=O) groups excluding carboxylic acids is 3. The van der Waals surface area contributed by atoms with E-state index in [0.29, 0.717) is 35.8 Å². The number of piperazine rings is 1. The molecule has 0 aliphatic carbocycles. The minimum absolute atomic E-state index is 0.168. The SMILES string of the molecule is O=C1Cc2ccc(NC(=O)C(=O)N3CCN(c4ccc(C(F)(F)F)nc4)CC3)cc2O1. The van der Waals surface area contributed by atoms with E-state index in [1.54, 1.807) is 17.0 Å². The van der Waals surface area contributed by atoms with Crippen LogP contribution in [-0.2, 0) is 27.0 Å². The average molecular weight is 434 g/mol. The Balaban J connectivity index is 1.32. The van der Waals surface area contributed by atoms with Crippen LogP contribution in [0, 0.1) is 0 Å². The van der Waals surface area contributed by atoms with Gasteiger partial charge in [-0.25, -0.2) is 4.98 Å². The molecule has 1 fully saturated rings. The van der Waals surface area contributed by atoms with Crippen molar-refractivity contribution in [1.29, 1.82) is 0 Å². The Morgan fingerprint density at radius 2 is 1.81 bits per heavy atom. The molecule has 2 aromatic rings. The van der Waals surface area contributed by atoms with Crippen LogP contribution in [0.25, 0.3) is 0 Å². The predicted molar refractivity (Wildman–Crippen MR) is 102 cm³/mol. The molecular formula is C20H17F3N4O4. The molecule has 0 unspecified atom stereocenters. The first kappa shape index (κ1) is 20.6. The monoisotopic (exact) mass is 434 g/mol. The number of nitrogens with zero attached hydrogens (tertiary/aromatic N) is 3. The predicted octanol–water partition coefficient (Wildman–Crippen LogP) is 1.85. The molecule has 1 saturated heterocycles. The highest BCUT2D eigenvalue weighted by Gasteiger charge is 2.32. The van der Waals surface area contributed by atoms with Gasteiger partial charge in [-0.2, -0.15) is 13.2 Å². The molecule has 2 aliphatic heterocycles. The second-order valence-electron chi connectivity index (χ2n) is 7.11. The highest BCUT2D eigenvalue weighted by Crippen LogP contribution is 2.30. The number of carbonyl (C=O) groups is 3. The van der Waals surface area contributed by atoms with E-state index in [4.69, 9.17) is 4.74 Å². The number of hydrogen-bond donors (Lipinski definition) is 1. The molecule has 1 aromatic heterocycles. The van der Waals surface area contributed by atoms with Crippen molar-refractivity contribution in [3.63, 3.8) is 0 Å². The summed E-state index contributed by atoms with van der Waals surface area (Å²) in [5, 5.41) is 2.50. The summed E-state index contributed by atoms with van der Waals surface area (Å²) in [7, 11) is 0. The molecule has 4 rings (SSSR count). The van der Waals surface area contributed by atoms with Crippen molar-refractivity contribution in [3.8, 4) is 5.75 Å². The second-order valence-corrected chi connectivity index (χ2v) is 7.11. The zero-order chi connectivity index (χ0) is 22.2. The van der Waals surface area contributed by atoms with Crippen LogP contribution in [0.4, 0.5) is 24.5 Å². The largest absolute Gasteiger partial charge is 0.433 e. The van der Waals surface area contributed by atoms with E-state index in [1.807, 2.05) is 0 Å². The fourth-order valence-electron chi connectivity index (χ4n) is 3.42. The number of halogens is 3. The molecule has 3 heterocycles. The van der Waals surface area contributed by atoms with Crippen LogP contribution in [0.5, 0.6) is 5.75 Å². The smallest absolute Gasteiger partial charge is 0.426 e. The maximum atomic E-state index is 12.6. The molecule has 2 amide bonds. The fourth-order valence-corrected chi connectivity index (χ4v) is 3.42. The first-order valence-electron chi connectivity index (χ1n) is 9.43. The zero-order valence-electron chi connectivity index (χ0n) is 16.1. The van der Waals surface area contributed by atoms with Gasteiger partial charge in [0.2, 0.25) is 0 Å². The maximum Gasteiger partial charge on any atom is 0.433 e. The van der Waals surface area contributed by atoms with Gasteiger partial charge in [0, 0.05) is 43.5 Å². The number of benzene rings is 1. The van der Waals surface area contributed by atoms with Crippen LogP contribution < -0.4 is 15.0 Å². The number of fused-ring (bicyclic) bond motifs is 1. The van der Waals surface area contributed by atoms with Crippen molar-refractivity contribution < 1.29 is 32.3 Å². The molecule has 8 nitrogen and oxygen atoms in total. The lowest BCUT2D eigenvalue weighted by molar-refractivity contribution is -0.143. The van der Waals surface area contributed by atoms with Gasteiger partial charge < -0.3 is 19.9 Å². The summed E-state index contributed by atoms with van der Waals surface area (Å²) in [4.78, 5) is 42.7. The highest BCUT2D eigenvalue weighted by molar-refractivity contribution is 6.39. The summed E-state index contributed by atoms with van der Waals surface area (Å²) in [6.45, 7) is 1.16. The quantitative estimate of drug-likeness (QED) is 0.441. The van der Waals surface area contributed by atoms with Gasteiger partial charge in [-0.3, -0.25) is 14.4 Å². The van der Waals surface area contributed by atoms with E-state index in [9.17, 15) is 27.6 Å². The Hall–Kier alpha value is -3.63. The third-order valence-corrected chi connectivity index (χ3v) is 5.05. The van der Waals surface area contributed by atoms with Gasteiger partial charge in [-0.1, -0.05) is 6.07 Å². The number of anilines is 2. The van der Waals surface area contributed by atoms with Gasteiger partial charge >= 0.3 is 24.0 Å². The molecule has 2 aliphatic rings. The molecule has 31 heavy (non-hydrogen) atoms. The third kappa shape index (κ3) is 4.44. The molecule has 1 aromatic carbocycles. The van der Waals surface area contributed by atoms with Crippen LogP contribution in [0.15, 0.2) is 36.5 Å². The molecule has 0 atom stereocenters. The number of nitrogens with one attached hydrogen (secondary N) is 1. The van der Waals surface area contributed by atoms with Gasteiger partial charge in [0.15, 0.2) is 0 Å². The molecule has 0 bridgehead atoms. The van der Waals surface area contributed by atoms with Crippen molar-refractivity contribution in [2.45, 2.75) is 12.6 Å². The lowest BCUT2D eigenvalue weighted by Crippen LogP contribution is -2.51. The van der Waals surface area contributed by atoms with Gasteiger partial charge in [-0.15, -0.1) is 0 Å². The van der Waals surface area contributed by atoms with Crippen molar-refractivity contribution in [1.82, 2.24) is 9.88 Å².